The molecule has 0 saturated carbocycles. The molecule has 0 unspecified atom stereocenters. The van der Waals surface area contributed by atoms with Crippen molar-refractivity contribution in [3.05, 3.63) is 0 Å². The lowest BCUT2D eigenvalue weighted by molar-refractivity contribution is 0.411. The van der Waals surface area contributed by atoms with Crippen molar-refractivity contribution >= 4 is 101 Å². The zero-order chi connectivity index (χ0) is 17.2. The number of benzene rings is 2. The van der Waals surface area contributed by atoms with E-state index < -0.39 is 7.12 Å². The summed E-state index contributed by atoms with van der Waals surface area (Å²) >= 11 is 0. The van der Waals surface area contributed by atoms with E-state index in [2.05, 4.69) is 0 Å². The third-order valence-electron chi connectivity index (χ3n) is 5.02. The highest BCUT2D eigenvalue weighted by Crippen LogP contribution is 2.36. The summed E-state index contributed by atoms with van der Waals surface area (Å²) in [5, 5.41) is 41.1. The molecule has 1 aromatic heterocycles. The molecule has 1 heterocycles. The third kappa shape index (κ3) is 1.96. The van der Waals surface area contributed by atoms with E-state index in [4.69, 9.17) is 4.42 Å². The van der Waals surface area contributed by atoms with Crippen molar-refractivity contribution in [2.45, 2.75) is 0 Å². The molecule has 3 rings (SSSR count). The quantitative estimate of drug-likeness (QED) is 0.265. The van der Waals surface area contributed by atoms with E-state index >= 15 is 0 Å². The standard InChI is InChI=1S/C12H14B6O5/c13-3-4(14)8(18(21)22)1-2-9(19)10(20)5(15)7(17)12(2)23-11(1)6(3)16/h19-22H,13-17H2. The van der Waals surface area contributed by atoms with Crippen LogP contribution in [0, 0.1) is 0 Å². The smallest absolute Gasteiger partial charge is 0.488 e. The van der Waals surface area contributed by atoms with Crippen molar-refractivity contribution in [3.8, 4) is 11.5 Å². The molecule has 110 valence electrons. The van der Waals surface area contributed by atoms with E-state index in [-0.39, 0.29) is 11.5 Å². The molecule has 0 amide bonds. The molecule has 3 aromatic rings. The summed E-state index contributed by atoms with van der Waals surface area (Å²) in [6.45, 7) is 0. The molecule has 0 atom stereocenters. The fourth-order valence-electron chi connectivity index (χ4n) is 3.25. The van der Waals surface area contributed by atoms with Gasteiger partial charge in [0.15, 0.2) is 11.5 Å². The highest BCUT2D eigenvalue weighted by molar-refractivity contribution is 6.74. The van der Waals surface area contributed by atoms with Crippen LogP contribution in [0.25, 0.3) is 21.9 Å². The lowest BCUT2D eigenvalue weighted by Crippen LogP contribution is -2.53. The monoisotopic (exact) mass is 304 g/mol. The van der Waals surface area contributed by atoms with E-state index in [1.54, 1.807) is 23.5 Å². The average Bonchev–Trinajstić information content (AvgIpc) is 2.88. The molecule has 0 fully saturated rings. The SMILES string of the molecule is Bc1c(O)c(O)c2c(oc3c(B)c(B)c(B)c(B(O)O)c32)c1B. The van der Waals surface area contributed by atoms with Crippen LogP contribution in [0.15, 0.2) is 4.42 Å². The predicted molar refractivity (Wildman–Crippen MR) is 108 cm³/mol. The molecule has 0 aliphatic carbocycles. The Balaban J connectivity index is 2.74. The van der Waals surface area contributed by atoms with Gasteiger partial charge in [0.2, 0.25) is 0 Å². The summed E-state index contributed by atoms with van der Waals surface area (Å²) < 4.78 is 5.96. The minimum atomic E-state index is -1.71. The number of aromatic hydroxyl groups is 2. The van der Waals surface area contributed by atoms with Gasteiger partial charge in [-0.25, -0.2) is 0 Å². The third-order valence-corrected chi connectivity index (χ3v) is 5.02. The first-order chi connectivity index (χ1) is 10.7. The van der Waals surface area contributed by atoms with Crippen LogP contribution in [0.2, 0.25) is 0 Å². The number of hydrogen-bond acceptors (Lipinski definition) is 5. The van der Waals surface area contributed by atoms with Crippen molar-refractivity contribution in [2.75, 3.05) is 0 Å². The van der Waals surface area contributed by atoms with Crippen LogP contribution < -0.4 is 32.8 Å². The fraction of sp³-hybridized carbons (Fsp3) is 0. The molecule has 0 aliphatic heterocycles. The van der Waals surface area contributed by atoms with E-state index in [0.29, 0.717) is 38.3 Å². The van der Waals surface area contributed by atoms with E-state index in [1.165, 1.54) is 0 Å². The van der Waals surface area contributed by atoms with Gasteiger partial charge < -0.3 is 24.7 Å². The van der Waals surface area contributed by atoms with Gasteiger partial charge in [0.1, 0.15) is 50.4 Å². The largest absolute Gasteiger partial charge is 0.505 e. The second-order valence-corrected chi connectivity index (χ2v) is 6.12. The Morgan fingerprint density at radius 1 is 0.652 bits per heavy atom. The average molecular weight is 303 g/mol. The lowest BCUT2D eigenvalue weighted by Gasteiger charge is -2.14. The fourth-order valence-corrected chi connectivity index (χ4v) is 3.25. The summed E-state index contributed by atoms with van der Waals surface area (Å²) in [5.74, 6) is -0.515. The van der Waals surface area contributed by atoms with Gasteiger partial charge in [-0.05, 0) is 16.4 Å². The van der Waals surface area contributed by atoms with Gasteiger partial charge in [-0.2, -0.15) is 0 Å². The first kappa shape index (κ1) is 16.0. The first-order valence-corrected chi connectivity index (χ1v) is 7.41. The Labute approximate surface area is 137 Å². The molecule has 5 nitrogen and oxygen atoms in total. The topological polar surface area (TPSA) is 94.1 Å². The number of fused-ring (bicyclic) bond motifs is 3. The van der Waals surface area contributed by atoms with Gasteiger partial charge in [-0.3, -0.25) is 0 Å². The Morgan fingerprint density at radius 3 is 1.74 bits per heavy atom. The molecule has 0 bridgehead atoms. The highest BCUT2D eigenvalue weighted by Gasteiger charge is 2.28. The Kier molecular flexibility index (Phi) is 3.54. The van der Waals surface area contributed by atoms with E-state index in [0.717, 1.165) is 16.4 Å². The van der Waals surface area contributed by atoms with Crippen LogP contribution in [0.3, 0.4) is 0 Å². The summed E-state index contributed by atoms with van der Waals surface area (Å²) in [6.07, 6.45) is 0. The van der Waals surface area contributed by atoms with Crippen LogP contribution >= 0.6 is 0 Å². The minimum Gasteiger partial charge on any atom is -0.505 e. The van der Waals surface area contributed by atoms with Gasteiger partial charge in [-0.15, -0.1) is 0 Å². The number of phenols is 2. The molecule has 0 saturated heterocycles. The zero-order valence-electron chi connectivity index (χ0n) is 13.8. The summed E-state index contributed by atoms with van der Waals surface area (Å²) in [6, 6.07) is 0. The number of phenolic OH excluding ortho intramolecular Hbond substituents is 2. The van der Waals surface area contributed by atoms with Crippen LogP contribution in [-0.2, 0) is 0 Å². The maximum atomic E-state index is 10.4. The molecule has 0 spiro atoms. The molecular weight excluding hydrogens is 289 g/mol. The molecule has 23 heavy (non-hydrogen) atoms. The van der Waals surface area contributed by atoms with Gasteiger partial charge in [-0.1, -0.05) is 16.4 Å². The van der Waals surface area contributed by atoms with Crippen molar-refractivity contribution < 1.29 is 24.7 Å². The second kappa shape index (κ2) is 5.08. The summed E-state index contributed by atoms with van der Waals surface area (Å²) in [4.78, 5) is 0. The number of hydrogen-bond donors (Lipinski definition) is 4. The second-order valence-electron chi connectivity index (χ2n) is 6.12. The van der Waals surface area contributed by atoms with Gasteiger partial charge in [0, 0.05) is 5.39 Å². The van der Waals surface area contributed by atoms with Gasteiger partial charge in [0.25, 0.3) is 0 Å². The van der Waals surface area contributed by atoms with E-state index in [1.807, 2.05) is 15.7 Å². The van der Waals surface area contributed by atoms with Crippen molar-refractivity contribution in [1.82, 2.24) is 0 Å². The minimum absolute atomic E-state index is 0.216. The lowest BCUT2D eigenvalue weighted by atomic mass is 9.61. The normalized spacial score (nSPS) is 11.4. The Morgan fingerprint density at radius 2 is 1.17 bits per heavy atom. The highest BCUT2D eigenvalue weighted by atomic mass is 16.4. The Hall–Kier alpha value is -1.85. The van der Waals surface area contributed by atoms with Gasteiger partial charge >= 0.3 is 7.12 Å². The molecule has 2 aromatic carbocycles. The molecule has 0 radical (unpaired) electrons. The van der Waals surface area contributed by atoms with Gasteiger partial charge in [0.05, 0.1) is 5.39 Å². The molecular formula is C12H14B6O5. The van der Waals surface area contributed by atoms with Crippen LogP contribution in [0.4, 0.5) is 0 Å². The van der Waals surface area contributed by atoms with Crippen LogP contribution in [0.1, 0.15) is 0 Å². The molecule has 0 aliphatic rings. The van der Waals surface area contributed by atoms with Crippen molar-refractivity contribution in [1.29, 1.82) is 0 Å². The number of rotatable bonds is 1. The Bertz CT molecular complexity index is 980. The summed E-state index contributed by atoms with van der Waals surface area (Å²) in [7, 11) is 7.36. The van der Waals surface area contributed by atoms with Crippen molar-refractivity contribution in [2.24, 2.45) is 0 Å². The van der Waals surface area contributed by atoms with Crippen molar-refractivity contribution in [3.63, 3.8) is 0 Å². The zero-order valence-corrected chi connectivity index (χ0v) is 13.8. The predicted octanol–water partition coefficient (Wildman–Crippen LogP) is -8.03. The van der Waals surface area contributed by atoms with Crippen LogP contribution in [-0.4, -0.2) is 66.6 Å². The first-order valence-electron chi connectivity index (χ1n) is 7.41. The maximum Gasteiger partial charge on any atom is 0.488 e. The molecule has 11 heteroatoms. The molecule has 4 N–H and O–H groups in total. The van der Waals surface area contributed by atoms with E-state index in [9.17, 15) is 20.3 Å². The maximum absolute atomic E-state index is 10.4. The van der Waals surface area contributed by atoms with Crippen LogP contribution in [0.5, 0.6) is 11.5 Å². The number of furan rings is 1. The summed E-state index contributed by atoms with van der Waals surface area (Å²) in [5.41, 5.74) is 4.97.